The number of fused-ring (bicyclic) bond motifs is 1. The van der Waals surface area contributed by atoms with Crippen molar-refractivity contribution in [3.8, 4) is 5.75 Å². The molecule has 0 aliphatic carbocycles. The Morgan fingerprint density at radius 2 is 1.79 bits per heavy atom. The highest BCUT2D eigenvalue weighted by Crippen LogP contribution is 2.28. The van der Waals surface area contributed by atoms with Crippen LogP contribution in [-0.4, -0.2) is 57.1 Å². The molecule has 9 nitrogen and oxygen atoms in total. The zero-order valence-corrected chi connectivity index (χ0v) is 12.1. The molecule has 128 valence electrons. The topological polar surface area (TPSA) is 147 Å². The first-order valence-corrected chi connectivity index (χ1v) is 7.00. The Hall–Kier alpha value is -2.46. The lowest BCUT2D eigenvalue weighted by atomic mass is 9.99. The summed E-state index contributed by atoms with van der Waals surface area (Å²) >= 11 is 0. The number of aliphatic hydroxyl groups excluding tert-OH is 3. The van der Waals surface area contributed by atoms with Crippen LogP contribution in [0, 0.1) is 0 Å². The van der Waals surface area contributed by atoms with Crippen LogP contribution in [0.2, 0.25) is 0 Å². The van der Waals surface area contributed by atoms with Gasteiger partial charge in [-0.2, -0.15) is 0 Å². The predicted octanol–water partition coefficient (Wildman–Crippen LogP) is -0.936. The summed E-state index contributed by atoms with van der Waals surface area (Å²) in [5.41, 5.74) is -0.495. The number of rotatable bonds is 3. The standard InChI is InChI=1S/C15H14O9/c16-9-5-8(6-3-1-2-4-7(6)22-9)23-15-12(19)10(17)11(18)13(24-15)14(20)21/h1-5,10-13,15,17-19H,(H,20,21). The number of para-hydroxylation sites is 1. The number of aliphatic carboxylic acids is 1. The number of aliphatic hydroxyl groups is 3. The number of hydrogen-bond donors (Lipinski definition) is 4. The van der Waals surface area contributed by atoms with Crippen molar-refractivity contribution in [2.75, 3.05) is 0 Å². The minimum Gasteiger partial charge on any atom is -0.479 e. The van der Waals surface area contributed by atoms with Crippen LogP contribution in [-0.2, 0) is 9.53 Å². The summed E-state index contributed by atoms with van der Waals surface area (Å²) in [6.45, 7) is 0. The second-order valence-corrected chi connectivity index (χ2v) is 5.28. The Morgan fingerprint density at radius 1 is 1.08 bits per heavy atom. The molecule has 5 atom stereocenters. The van der Waals surface area contributed by atoms with E-state index in [1.54, 1.807) is 18.2 Å². The Balaban J connectivity index is 1.95. The molecule has 0 bridgehead atoms. The third kappa shape index (κ3) is 2.85. The molecule has 9 heteroatoms. The van der Waals surface area contributed by atoms with E-state index >= 15 is 0 Å². The van der Waals surface area contributed by atoms with Crippen molar-refractivity contribution in [3.63, 3.8) is 0 Å². The zero-order chi connectivity index (χ0) is 17.4. The van der Waals surface area contributed by atoms with Crippen LogP contribution in [0.1, 0.15) is 0 Å². The minimum atomic E-state index is -1.82. The Morgan fingerprint density at radius 3 is 2.50 bits per heavy atom. The third-order valence-electron chi connectivity index (χ3n) is 3.67. The number of hydrogen-bond acceptors (Lipinski definition) is 8. The second-order valence-electron chi connectivity index (χ2n) is 5.28. The van der Waals surface area contributed by atoms with Crippen LogP contribution < -0.4 is 10.4 Å². The van der Waals surface area contributed by atoms with Crippen LogP contribution in [0.3, 0.4) is 0 Å². The lowest BCUT2D eigenvalue weighted by molar-refractivity contribution is -0.270. The lowest BCUT2D eigenvalue weighted by Crippen LogP contribution is -2.61. The molecular formula is C15H14O9. The van der Waals surface area contributed by atoms with Gasteiger partial charge in [0.15, 0.2) is 6.10 Å². The summed E-state index contributed by atoms with van der Waals surface area (Å²) in [6.07, 6.45) is -8.73. The maximum Gasteiger partial charge on any atom is 0.339 e. The van der Waals surface area contributed by atoms with E-state index in [1.165, 1.54) is 6.07 Å². The van der Waals surface area contributed by atoms with Gasteiger partial charge in [0.2, 0.25) is 6.29 Å². The van der Waals surface area contributed by atoms with Crippen LogP contribution >= 0.6 is 0 Å². The molecule has 24 heavy (non-hydrogen) atoms. The van der Waals surface area contributed by atoms with Crippen molar-refractivity contribution in [2.24, 2.45) is 0 Å². The highest BCUT2D eigenvalue weighted by molar-refractivity contribution is 5.82. The quantitative estimate of drug-likeness (QED) is 0.521. The van der Waals surface area contributed by atoms with E-state index in [0.29, 0.717) is 5.39 Å². The molecule has 0 radical (unpaired) electrons. The Kier molecular flexibility index (Phi) is 4.24. The van der Waals surface area contributed by atoms with E-state index in [1.807, 2.05) is 0 Å². The van der Waals surface area contributed by atoms with E-state index in [4.69, 9.17) is 19.0 Å². The fourth-order valence-corrected chi connectivity index (χ4v) is 2.45. The number of carbonyl (C=O) groups is 1. The molecule has 1 aromatic heterocycles. The summed E-state index contributed by atoms with van der Waals surface area (Å²) in [7, 11) is 0. The highest BCUT2D eigenvalue weighted by Gasteiger charge is 2.48. The first kappa shape index (κ1) is 16.4. The van der Waals surface area contributed by atoms with Crippen LogP contribution in [0.25, 0.3) is 11.0 Å². The summed E-state index contributed by atoms with van der Waals surface area (Å²) in [6, 6.07) is 7.42. The van der Waals surface area contributed by atoms with Gasteiger partial charge in [0.25, 0.3) is 0 Å². The molecule has 0 spiro atoms. The first-order valence-electron chi connectivity index (χ1n) is 7.00. The van der Waals surface area contributed by atoms with Gasteiger partial charge in [-0.3, -0.25) is 0 Å². The number of carboxylic acid groups (broad SMARTS) is 1. The fourth-order valence-electron chi connectivity index (χ4n) is 2.45. The maximum absolute atomic E-state index is 11.6. The van der Waals surface area contributed by atoms with Crippen molar-refractivity contribution in [1.29, 1.82) is 0 Å². The van der Waals surface area contributed by atoms with E-state index in [9.17, 15) is 24.9 Å². The molecule has 1 aromatic carbocycles. The van der Waals surface area contributed by atoms with E-state index < -0.39 is 42.3 Å². The normalized spacial score (nSPS) is 30.2. The summed E-state index contributed by atoms with van der Waals surface area (Å²) in [4.78, 5) is 22.7. The largest absolute Gasteiger partial charge is 0.479 e. The lowest BCUT2D eigenvalue weighted by Gasteiger charge is -2.38. The summed E-state index contributed by atoms with van der Waals surface area (Å²) < 4.78 is 15.4. The van der Waals surface area contributed by atoms with Crippen molar-refractivity contribution >= 4 is 16.9 Å². The molecule has 1 saturated heterocycles. The summed E-state index contributed by atoms with van der Waals surface area (Å²) in [5, 5.41) is 38.8. The third-order valence-corrected chi connectivity index (χ3v) is 3.67. The van der Waals surface area contributed by atoms with E-state index in [0.717, 1.165) is 6.07 Å². The zero-order valence-electron chi connectivity index (χ0n) is 12.1. The predicted molar refractivity (Wildman–Crippen MR) is 77.4 cm³/mol. The first-order chi connectivity index (χ1) is 11.4. The molecule has 0 saturated carbocycles. The number of carboxylic acids is 1. The average molecular weight is 338 g/mol. The molecular weight excluding hydrogens is 324 g/mol. The second kappa shape index (κ2) is 6.21. The Bertz CT molecular complexity index is 814. The van der Waals surface area contributed by atoms with Gasteiger partial charge in [-0.25, -0.2) is 9.59 Å². The maximum atomic E-state index is 11.6. The van der Waals surface area contributed by atoms with Crippen LogP contribution in [0.4, 0.5) is 0 Å². The molecule has 2 heterocycles. The molecule has 3 rings (SSSR count). The molecule has 2 aromatic rings. The van der Waals surface area contributed by atoms with Gasteiger partial charge < -0.3 is 34.3 Å². The van der Waals surface area contributed by atoms with Gasteiger partial charge in [-0.05, 0) is 12.1 Å². The smallest absolute Gasteiger partial charge is 0.339 e. The Labute approximate surface area is 134 Å². The SMILES string of the molecule is O=C(O)C1OC(Oc2cc(=O)oc3ccccc23)C(O)C(O)C1O. The fraction of sp³-hybridized carbons (Fsp3) is 0.333. The molecule has 4 N–H and O–H groups in total. The average Bonchev–Trinajstić information content (AvgIpc) is 2.54. The summed E-state index contributed by atoms with van der Waals surface area (Å²) in [5.74, 6) is -1.54. The molecule has 0 amide bonds. The van der Waals surface area contributed by atoms with Crippen molar-refractivity contribution in [2.45, 2.75) is 30.7 Å². The van der Waals surface area contributed by atoms with Gasteiger partial charge in [-0.15, -0.1) is 0 Å². The van der Waals surface area contributed by atoms with Crippen molar-refractivity contribution in [1.82, 2.24) is 0 Å². The molecule has 1 fully saturated rings. The van der Waals surface area contributed by atoms with Crippen LogP contribution in [0.15, 0.2) is 39.5 Å². The number of ether oxygens (including phenoxy) is 2. The molecule has 1 aliphatic heterocycles. The minimum absolute atomic E-state index is 0.0152. The van der Waals surface area contributed by atoms with Crippen molar-refractivity contribution in [3.05, 3.63) is 40.8 Å². The van der Waals surface area contributed by atoms with Crippen molar-refractivity contribution < 1.29 is 39.1 Å². The molecule has 5 unspecified atom stereocenters. The molecule has 1 aliphatic rings. The van der Waals surface area contributed by atoms with Gasteiger partial charge >= 0.3 is 11.6 Å². The monoisotopic (exact) mass is 338 g/mol. The van der Waals surface area contributed by atoms with Gasteiger partial charge in [0, 0.05) is 0 Å². The van der Waals surface area contributed by atoms with Gasteiger partial charge in [0.05, 0.1) is 11.5 Å². The van der Waals surface area contributed by atoms with Crippen LogP contribution in [0.5, 0.6) is 5.75 Å². The number of benzene rings is 1. The highest BCUT2D eigenvalue weighted by atomic mass is 16.7. The van der Waals surface area contributed by atoms with E-state index in [2.05, 4.69) is 0 Å². The van der Waals surface area contributed by atoms with Gasteiger partial charge in [0.1, 0.15) is 29.6 Å². The van der Waals surface area contributed by atoms with Gasteiger partial charge in [-0.1, -0.05) is 12.1 Å². The van der Waals surface area contributed by atoms with E-state index in [-0.39, 0.29) is 11.3 Å².